The molecule has 0 bridgehead atoms. The second kappa shape index (κ2) is 12.7. The number of carbonyl (C=O) groups excluding carboxylic acids is 2. The second-order valence-corrected chi connectivity index (χ2v) is 11.7. The molecule has 0 saturated carbocycles. The number of hydrogen-bond acceptors (Lipinski definition) is 5. The van der Waals surface area contributed by atoms with Crippen LogP contribution < -0.4 is 5.32 Å². The molecule has 3 heterocycles. The summed E-state index contributed by atoms with van der Waals surface area (Å²) in [6, 6.07) is 2.18. The van der Waals surface area contributed by atoms with Crippen molar-refractivity contribution in [2.75, 3.05) is 39.3 Å². The van der Waals surface area contributed by atoms with Crippen LogP contribution in [0.5, 0.6) is 0 Å². The molecule has 1 aromatic carbocycles. The number of benzene rings is 1. The summed E-state index contributed by atoms with van der Waals surface area (Å²) >= 11 is 0. The number of carbonyl (C=O) groups is 2. The largest absolute Gasteiger partial charge is 0.416 e. The molecule has 1 aromatic rings. The van der Waals surface area contributed by atoms with Crippen molar-refractivity contribution in [3.63, 3.8) is 0 Å². The van der Waals surface area contributed by atoms with Gasteiger partial charge in [0.1, 0.15) is 0 Å². The number of rotatable bonds is 6. The van der Waals surface area contributed by atoms with Crippen molar-refractivity contribution in [2.45, 2.75) is 44.1 Å². The third-order valence-corrected chi connectivity index (χ3v) is 8.90. The highest BCUT2D eigenvalue weighted by Gasteiger charge is 2.43. The highest BCUT2D eigenvalue weighted by Crippen LogP contribution is 2.35. The van der Waals surface area contributed by atoms with E-state index in [-0.39, 0.29) is 45.2 Å². The summed E-state index contributed by atoms with van der Waals surface area (Å²) in [5.41, 5.74) is -1.53. The SMILES string of the molecule is N#CC1CN(S(=O)(=O)N2CCC[C@H](C(=O)N3CCCC3)C2)C1.O=CN[C@H](c1ccc(C(F)(F)F)cc1)C(F)(F)F.[HH]. The number of nitrogens with one attached hydrogen (secondary N) is 1. The van der Waals surface area contributed by atoms with Gasteiger partial charge in [0.05, 0.1) is 23.5 Å². The fourth-order valence-corrected chi connectivity index (χ4v) is 6.52. The lowest BCUT2D eigenvalue weighted by molar-refractivity contribution is -0.160. The third-order valence-electron chi connectivity index (χ3n) is 6.97. The van der Waals surface area contributed by atoms with Gasteiger partial charge in [-0.15, -0.1) is 0 Å². The molecule has 0 spiro atoms. The number of piperidine rings is 1. The third kappa shape index (κ3) is 7.64. The Balaban J connectivity index is 0.000000286. The van der Waals surface area contributed by atoms with Gasteiger partial charge >= 0.3 is 12.4 Å². The minimum Gasteiger partial charge on any atom is -0.343 e. The monoisotopic (exact) mass is 599 g/mol. The summed E-state index contributed by atoms with van der Waals surface area (Å²) in [4.78, 5) is 24.4. The van der Waals surface area contributed by atoms with Crippen LogP contribution in [-0.4, -0.2) is 79.7 Å². The van der Waals surface area contributed by atoms with Gasteiger partial charge in [-0.05, 0) is 43.4 Å². The van der Waals surface area contributed by atoms with Gasteiger partial charge in [0.25, 0.3) is 10.2 Å². The molecule has 2 atom stereocenters. The Morgan fingerprint density at radius 3 is 2.10 bits per heavy atom. The summed E-state index contributed by atoms with van der Waals surface area (Å²) in [5, 5.41) is 10.3. The van der Waals surface area contributed by atoms with Crippen LogP contribution in [0.15, 0.2) is 24.3 Å². The number of nitrogens with zero attached hydrogens (tertiary/aromatic N) is 4. The summed E-state index contributed by atoms with van der Waals surface area (Å²) in [6.45, 7) is 2.92. The minimum absolute atomic E-state index is 0. The fraction of sp³-hybridized carbons (Fsp3) is 0.625. The summed E-state index contributed by atoms with van der Waals surface area (Å²) in [5.74, 6) is -0.299. The molecule has 0 aliphatic carbocycles. The van der Waals surface area contributed by atoms with E-state index in [1.54, 1.807) is 0 Å². The zero-order chi connectivity index (χ0) is 29.7. The van der Waals surface area contributed by atoms with Crippen LogP contribution in [0.4, 0.5) is 26.3 Å². The van der Waals surface area contributed by atoms with E-state index in [4.69, 9.17) is 5.26 Å². The van der Waals surface area contributed by atoms with Crippen molar-refractivity contribution >= 4 is 22.5 Å². The molecule has 9 nitrogen and oxygen atoms in total. The van der Waals surface area contributed by atoms with Crippen LogP contribution in [0, 0.1) is 23.2 Å². The number of halogens is 6. The van der Waals surface area contributed by atoms with E-state index < -0.39 is 39.7 Å². The number of likely N-dealkylation sites (tertiary alicyclic amines) is 1. The highest BCUT2D eigenvalue weighted by atomic mass is 32.2. The average Bonchev–Trinajstić information content (AvgIpc) is 3.40. The van der Waals surface area contributed by atoms with Gasteiger partial charge in [0.2, 0.25) is 12.3 Å². The normalized spacial score (nSPS) is 21.9. The molecule has 3 saturated heterocycles. The first kappa shape index (κ1) is 31.6. The molecule has 3 aliphatic heterocycles. The van der Waals surface area contributed by atoms with Gasteiger partial charge in [-0.1, -0.05) is 12.1 Å². The van der Waals surface area contributed by atoms with E-state index in [0.29, 0.717) is 30.8 Å². The Morgan fingerprint density at radius 2 is 1.60 bits per heavy atom. The van der Waals surface area contributed by atoms with E-state index in [2.05, 4.69) is 6.07 Å². The lowest BCUT2D eigenvalue weighted by atomic mass is 9.98. The number of alkyl halides is 6. The number of hydrogen-bond donors (Lipinski definition) is 1. The molecule has 0 radical (unpaired) electrons. The minimum atomic E-state index is -4.78. The van der Waals surface area contributed by atoms with E-state index in [1.165, 1.54) is 13.9 Å². The van der Waals surface area contributed by atoms with Gasteiger partial charge in [-0.3, -0.25) is 9.59 Å². The zero-order valence-electron chi connectivity index (χ0n) is 21.3. The maximum Gasteiger partial charge on any atom is 0.416 e. The smallest absolute Gasteiger partial charge is 0.343 e. The molecular formula is C24H31F6N5O4S. The Kier molecular flexibility index (Phi) is 10.1. The van der Waals surface area contributed by atoms with Gasteiger partial charge in [0, 0.05) is 40.7 Å². The molecule has 1 N–H and O–H groups in total. The summed E-state index contributed by atoms with van der Waals surface area (Å²) in [6.07, 6.45) is -5.98. The lowest BCUT2D eigenvalue weighted by Gasteiger charge is -2.40. The van der Waals surface area contributed by atoms with Crippen molar-refractivity contribution < 1.29 is 45.8 Å². The molecule has 40 heavy (non-hydrogen) atoms. The van der Waals surface area contributed by atoms with Gasteiger partial charge in [-0.2, -0.15) is 48.6 Å². The van der Waals surface area contributed by atoms with Crippen molar-refractivity contribution in [2.24, 2.45) is 11.8 Å². The van der Waals surface area contributed by atoms with E-state index in [1.807, 2.05) is 4.90 Å². The van der Waals surface area contributed by atoms with Crippen LogP contribution >= 0.6 is 0 Å². The molecule has 224 valence electrons. The Hall–Kier alpha value is -2.90. The van der Waals surface area contributed by atoms with E-state index in [9.17, 15) is 44.3 Å². The molecular weight excluding hydrogens is 568 g/mol. The van der Waals surface area contributed by atoms with E-state index in [0.717, 1.165) is 38.8 Å². The Labute approximate surface area is 229 Å². The maximum absolute atomic E-state index is 12.5. The first-order chi connectivity index (χ1) is 18.7. The molecule has 0 unspecified atom stereocenters. The summed E-state index contributed by atoms with van der Waals surface area (Å²) < 4.78 is 102. The molecule has 2 amide bonds. The van der Waals surface area contributed by atoms with Crippen molar-refractivity contribution in [3.8, 4) is 6.07 Å². The maximum atomic E-state index is 12.5. The lowest BCUT2D eigenvalue weighted by Crippen LogP contribution is -2.57. The van der Waals surface area contributed by atoms with Crippen molar-refractivity contribution in [1.29, 1.82) is 5.26 Å². The second-order valence-electron chi connectivity index (χ2n) is 9.76. The first-order valence-corrected chi connectivity index (χ1v) is 14.0. The fourth-order valence-electron chi connectivity index (χ4n) is 4.73. The van der Waals surface area contributed by atoms with Gasteiger partial charge in [-0.25, -0.2) is 0 Å². The average molecular weight is 600 g/mol. The molecule has 0 aromatic heterocycles. The zero-order valence-corrected chi connectivity index (χ0v) is 22.1. The van der Waals surface area contributed by atoms with Crippen molar-refractivity contribution in [1.82, 2.24) is 18.8 Å². The van der Waals surface area contributed by atoms with Crippen molar-refractivity contribution in [3.05, 3.63) is 35.4 Å². The molecule has 4 rings (SSSR count). The first-order valence-electron chi connectivity index (χ1n) is 12.6. The van der Waals surface area contributed by atoms with E-state index >= 15 is 0 Å². The molecule has 3 fully saturated rings. The van der Waals surface area contributed by atoms with Crippen LogP contribution in [0.1, 0.15) is 44.3 Å². The quantitative estimate of drug-likeness (QED) is 0.398. The number of nitriles is 1. The Bertz CT molecular complexity index is 1180. The predicted molar refractivity (Wildman–Crippen MR) is 131 cm³/mol. The molecule has 3 aliphatic rings. The standard InChI is InChI=1S/C14H22N4O3S.C10H7F6NO.H2/c15-8-12-9-18(10-12)22(20,21)17-7-3-4-13(11-17)14(19)16-5-1-2-6-16;11-9(12,13)7-3-1-6(2-4-7)8(17-5-18)10(14,15)16;/h12-13H,1-7,9-11H2;1-5,8H,(H,17,18);1H/t13-;8-;/m01./s1. The van der Waals surface area contributed by atoms with Gasteiger partial charge < -0.3 is 10.2 Å². The number of amides is 2. The van der Waals surface area contributed by atoms with Crippen LogP contribution in [0.2, 0.25) is 0 Å². The van der Waals surface area contributed by atoms with Gasteiger partial charge in [0.15, 0.2) is 6.04 Å². The topological polar surface area (TPSA) is 114 Å². The van der Waals surface area contributed by atoms with Crippen LogP contribution in [-0.2, 0) is 26.0 Å². The molecule has 16 heteroatoms. The Morgan fingerprint density at radius 1 is 1.00 bits per heavy atom. The van der Waals surface area contributed by atoms with Crippen LogP contribution in [0.3, 0.4) is 0 Å². The summed E-state index contributed by atoms with van der Waals surface area (Å²) in [7, 11) is -3.51. The highest BCUT2D eigenvalue weighted by molar-refractivity contribution is 7.86. The van der Waals surface area contributed by atoms with Crippen LogP contribution in [0.25, 0.3) is 0 Å². The predicted octanol–water partition coefficient (Wildman–Crippen LogP) is 3.32.